The SMILES string of the molecule is C=CC(C)(c1ccccc1)N1CCCC1. The molecule has 1 aliphatic heterocycles. The van der Waals surface area contributed by atoms with Crippen molar-refractivity contribution in [1.29, 1.82) is 0 Å². The Balaban J connectivity index is 2.32. The van der Waals surface area contributed by atoms with Gasteiger partial charge in [0.15, 0.2) is 0 Å². The monoisotopic (exact) mass is 201 g/mol. The van der Waals surface area contributed by atoms with Crippen molar-refractivity contribution in [2.75, 3.05) is 13.1 Å². The molecule has 0 spiro atoms. The predicted molar refractivity (Wildman–Crippen MR) is 64.8 cm³/mol. The molecule has 0 amide bonds. The zero-order valence-electron chi connectivity index (χ0n) is 9.45. The minimum absolute atomic E-state index is 0.0117. The van der Waals surface area contributed by atoms with E-state index in [0.717, 1.165) is 0 Å². The van der Waals surface area contributed by atoms with Gasteiger partial charge in [0.1, 0.15) is 0 Å². The molecule has 0 N–H and O–H groups in total. The summed E-state index contributed by atoms with van der Waals surface area (Å²) in [6.45, 7) is 8.66. The summed E-state index contributed by atoms with van der Waals surface area (Å²) >= 11 is 0. The first-order chi connectivity index (χ1) is 7.27. The molecule has 0 aliphatic carbocycles. The highest BCUT2D eigenvalue weighted by Gasteiger charge is 2.31. The van der Waals surface area contributed by atoms with Crippen LogP contribution in [0.5, 0.6) is 0 Å². The number of likely N-dealkylation sites (tertiary alicyclic amines) is 1. The summed E-state index contributed by atoms with van der Waals surface area (Å²) in [6, 6.07) is 10.7. The first-order valence-corrected chi connectivity index (χ1v) is 5.71. The van der Waals surface area contributed by atoms with Gasteiger partial charge < -0.3 is 0 Å². The largest absolute Gasteiger partial charge is 0.291 e. The molecule has 1 atom stereocenters. The second kappa shape index (κ2) is 4.19. The van der Waals surface area contributed by atoms with E-state index in [9.17, 15) is 0 Å². The molecule has 0 saturated carbocycles. The van der Waals surface area contributed by atoms with E-state index in [1.807, 2.05) is 0 Å². The Morgan fingerprint density at radius 1 is 1.20 bits per heavy atom. The van der Waals surface area contributed by atoms with E-state index >= 15 is 0 Å². The van der Waals surface area contributed by atoms with Gasteiger partial charge in [0.25, 0.3) is 0 Å². The lowest BCUT2D eigenvalue weighted by molar-refractivity contribution is 0.186. The molecule has 1 fully saturated rings. The van der Waals surface area contributed by atoms with Crippen LogP contribution >= 0.6 is 0 Å². The molecular formula is C14H19N. The highest BCUT2D eigenvalue weighted by atomic mass is 15.2. The second-order valence-electron chi connectivity index (χ2n) is 4.41. The topological polar surface area (TPSA) is 3.24 Å². The molecule has 0 bridgehead atoms. The Labute approximate surface area is 92.4 Å². The molecule has 2 rings (SSSR count). The lowest BCUT2D eigenvalue weighted by Crippen LogP contribution is -2.40. The Bertz CT molecular complexity index is 324. The summed E-state index contributed by atoms with van der Waals surface area (Å²) in [5, 5.41) is 0. The van der Waals surface area contributed by atoms with Gasteiger partial charge in [-0.25, -0.2) is 0 Å². The van der Waals surface area contributed by atoms with Crippen LogP contribution in [0.15, 0.2) is 43.0 Å². The van der Waals surface area contributed by atoms with Crippen LogP contribution in [-0.2, 0) is 5.54 Å². The molecule has 1 aliphatic rings. The lowest BCUT2D eigenvalue weighted by atomic mass is 9.90. The third-order valence-corrected chi connectivity index (χ3v) is 3.52. The van der Waals surface area contributed by atoms with Crippen LogP contribution in [0.3, 0.4) is 0 Å². The van der Waals surface area contributed by atoms with Gasteiger partial charge in [-0.3, -0.25) is 4.90 Å². The molecule has 1 aromatic rings. The summed E-state index contributed by atoms with van der Waals surface area (Å²) in [5.41, 5.74) is 1.36. The van der Waals surface area contributed by atoms with E-state index in [4.69, 9.17) is 0 Å². The van der Waals surface area contributed by atoms with E-state index in [2.05, 4.69) is 54.8 Å². The van der Waals surface area contributed by atoms with Gasteiger partial charge in [0.2, 0.25) is 0 Å². The molecule has 15 heavy (non-hydrogen) atoms. The van der Waals surface area contributed by atoms with Crippen LogP contribution in [0.25, 0.3) is 0 Å². The van der Waals surface area contributed by atoms with Crippen molar-refractivity contribution in [3.8, 4) is 0 Å². The minimum atomic E-state index is 0.0117. The Morgan fingerprint density at radius 3 is 2.33 bits per heavy atom. The van der Waals surface area contributed by atoms with Crippen LogP contribution in [0, 0.1) is 0 Å². The van der Waals surface area contributed by atoms with Crippen LogP contribution in [-0.4, -0.2) is 18.0 Å². The molecular weight excluding hydrogens is 182 g/mol. The number of hydrogen-bond acceptors (Lipinski definition) is 1. The fraction of sp³-hybridized carbons (Fsp3) is 0.429. The maximum absolute atomic E-state index is 4.01. The number of rotatable bonds is 3. The minimum Gasteiger partial charge on any atom is -0.291 e. The van der Waals surface area contributed by atoms with Gasteiger partial charge in [-0.1, -0.05) is 36.4 Å². The first kappa shape index (κ1) is 10.4. The maximum atomic E-state index is 4.01. The van der Waals surface area contributed by atoms with Crippen molar-refractivity contribution in [3.63, 3.8) is 0 Å². The highest BCUT2D eigenvalue weighted by Crippen LogP contribution is 2.32. The third kappa shape index (κ3) is 1.84. The van der Waals surface area contributed by atoms with Crippen molar-refractivity contribution in [1.82, 2.24) is 4.90 Å². The Kier molecular flexibility index (Phi) is 2.92. The van der Waals surface area contributed by atoms with Crippen molar-refractivity contribution in [2.24, 2.45) is 0 Å². The van der Waals surface area contributed by atoms with Gasteiger partial charge in [-0.2, -0.15) is 0 Å². The normalized spacial score (nSPS) is 21.1. The predicted octanol–water partition coefficient (Wildman–Crippen LogP) is 3.18. The molecule has 80 valence electrons. The molecule has 1 aromatic carbocycles. The lowest BCUT2D eigenvalue weighted by Gasteiger charge is -2.36. The smallest absolute Gasteiger partial charge is 0.0614 e. The van der Waals surface area contributed by atoms with Crippen molar-refractivity contribution in [3.05, 3.63) is 48.6 Å². The van der Waals surface area contributed by atoms with Crippen LogP contribution in [0.4, 0.5) is 0 Å². The quantitative estimate of drug-likeness (QED) is 0.679. The van der Waals surface area contributed by atoms with Gasteiger partial charge in [-0.15, -0.1) is 6.58 Å². The van der Waals surface area contributed by atoms with E-state index < -0.39 is 0 Å². The Hall–Kier alpha value is -1.08. The summed E-state index contributed by atoms with van der Waals surface area (Å²) < 4.78 is 0. The van der Waals surface area contributed by atoms with Gasteiger partial charge in [0, 0.05) is 0 Å². The molecule has 0 radical (unpaired) electrons. The maximum Gasteiger partial charge on any atom is 0.0614 e. The molecule has 1 nitrogen and oxygen atoms in total. The van der Waals surface area contributed by atoms with Crippen LogP contribution in [0.1, 0.15) is 25.3 Å². The summed E-state index contributed by atoms with van der Waals surface area (Å²) in [5.74, 6) is 0. The number of hydrogen-bond donors (Lipinski definition) is 0. The Morgan fingerprint density at radius 2 is 1.80 bits per heavy atom. The standard InChI is InChI=1S/C14H19N/c1-3-14(2,15-11-7-8-12-15)13-9-5-4-6-10-13/h3-6,9-10H,1,7-8,11-12H2,2H3. The van der Waals surface area contributed by atoms with E-state index in [-0.39, 0.29) is 5.54 Å². The third-order valence-electron chi connectivity index (χ3n) is 3.52. The van der Waals surface area contributed by atoms with Crippen molar-refractivity contribution < 1.29 is 0 Å². The highest BCUT2D eigenvalue weighted by molar-refractivity contribution is 5.28. The molecule has 1 heteroatoms. The fourth-order valence-corrected chi connectivity index (χ4v) is 2.39. The zero-order valence-corrected chi connectivity index (χ0v) is 9.45. The number of nitrogens with zero attached hydrogens (tertiary/aromatic N) is 1. The average Bonchev–Trinajstić information content (AvgIpc) is 2.83. The zero-order chi connectivity index (χ0) is 10.7. The van der Waals surface area contributed by atoms with Crippen molar-refractivity contribution in [2.45, 2.75) is 25.3 Å². The van der Waals surface area contributed by atoms with Crippen LogP contribution in [0.2, 0.25) is 0 Å². The molecule has 0 aromatic heterocycles. The van der Waals surface area contributed by atoms with E-state index in [1.54, 1.807) is 0 Å². The first-order valence-electron chi connectivity index (χ1n) is 5.71. The molecule has 1 heterocycles. The number of benzene rings is 1. The summed E-state index contributed by atoms with van der Waals surface area (Å²) in [4.78, 5) is 2.52. The fourth-order valence-electron chi connectivity index (χ4n) is 2.39. The van der Waals surface area contributed by atoms with E-state index in [0.29, 0.717) is 0 Å². The van der Waals surface area contributed by atoms with Gasteiger partial charge >= 0.3 is 0 Å². The van der Waals surface area contributed by atoms with Gasteiger partial charge in [-0.05, 0) is 38.4 Å². The van der Waals surface area contributed by atoms with Gasteiger partial charge in [0.05, 0.1) is 5.54 Å². The second-order valence-corrected chi connectivity index (χ2v) is 4.41. The summed E-state index contributed by atoms with van der Waals surface area (Å²) in [7, 11) is 0. The summed E-state index contributed by atoms with van der Waals surface area (Å²) in [6.07, 6.45) is 4.71. The molecule has 1 saturated heterocycles. The average molecular weight is 201 g/mol. The van der Waals surface area contributed by atoms with E-state index in [1.165, 1.54) is 31.5 Å². The molecule has 1 unspecified atom stereocenters. The van der Waals surface area contributed by atoms with Crippen LogP contribution < -0.4 is 0 Å². The van der Waals surface area contributed by atoms with Crippen molar-refractivity contribution >= 4 is 0 Å².